The van der Waals surface area contributed by atoms with Crippen LogP contribution in [0, 0.1) is 12.7 Å². The van der Waals surface area contributed by atoms with Crippen LogP contribution in [0.15, 0.2) is 28.6 Å². The zero-order valence-electron chi connectivity index (χ0n) is 12.5. The van der Waals surface area contributed by atoms with Crippen LogP contribution in [0.3, 0.4) is 0 Å². The summed E-state index contributed by atoms with van der Waals surface area (Å²) >= 11 is 1.12. The van der Waals surface area contributed by atoms with Crippen LogP contribution in [0.1, 0.15) is 12.0 Å². The lowest BCUT2D eigenvalue weighted by molar-refractivity contribution is 0.570. The number of halogens is 1. The van der Waals surface area contributed by atoms with Gasteiger partial charge in [-0.25, -0.2) is 12.8 Å². The van der Waals surface area contributed by atoms with Crippen molar-refractivity contribution in [3.63, 3.8) is 0 Å². The number of hydrogen-bond donors (Lipinski definition) is 3. The van der Waals surface area contributed by atoms with E-state index in [1.54, 1.807) is 12.3 Å². The van der Waals surface area contributed by atoms with Crippen molar-refractivity contribution in [1.29, 1.82) is 0 Å². The Kier molecular flexibility index (Phi) is 4.51. The maximum atomic E-state index is 14.3. The van der Waals surface area contributed by atoms with Crippen LogP contribution < -0.4 is 15.4 Å². The molecule has 1 aliphatic rings. The number of nitrogens with zero attached hydrogens (tertiary/aromatic N) is 1. The Morgan fingerprint density at radius 3 is 2.91 bits per heavy atom. The predicted octanol–water partition coefficient (Wildman–Crippen LogP) is 2.17. The Morgan fingerprint density at radius 2 is 2.26 bits per heavy atom. The van der Waals surface area contributed by atoms with Crippen molar-refractivity contribution in [2.75, 3.05) is 23.1 Å². The van der Waals surface area contributed by atoms with Crippen molar-refractivity contribution in [1.82, 2.24) is 9.69 Å². The monoisotopic (exact) mass is 356 g/mol. The maximum Gasteiger partial charge on any atom is 0.264 e. The first kappa shape index (κ1) is 16.2. The van der Waals surface area contributed by atoms with Crippen LogP contribution in [0.5, 0.6) is 0 Å². The van der Waals surface area contributed by atoms with Gasteiger partial charge in [-0.2, -0.15) is 4.37 Å². The number of benzene rings is 1. The topological polar surface area (TPSA) is 83.1 Å². The highest BCUT2D eigenvalue weighted by Crippen LogP contribution is 2.26. The zero-order chi connectivity index (χ0) is 16.4. The molecule has 1 aliphatic heterocycles. The van der Waals surface area contributed by atoms with Crippen LogP contribution in [0.4, 0.5) is 15.8 Å². The summed E-state index contributed by atoms with van der Waals surface area (Å²) in [5.74, 6) is -0.778. The van der Waals surface area contributed by atoms with E-state index in [9.17, 15) is 12.8 Å². The van der Waals surface area contributed by atoms with Crippen molar-refractivity contribution in [3.05, 3.63) is 35.1 Å². The van der Waals surface area contributed by atoms with E-state index in [0.29, 0.717) is 16.9 Å². The van der Waals surface area contributed by atoms with Gasteiger partial charge in [0.15, 0.2) is 0 Å². The molecule has 2 heterocycles. The summed E-state index contributed by atoms with van der Waals surface area (Å²) in [5, 5.41) is 8.02. The lowest BCUT2D eigenvalue weighted by atomic mass is 10.1. The fraction of sp³-hybridized carbons (Fsp3) is 0.357. The molecule has 0 aliphatic carbocycles. The lowest BCUT2D eigenvalue weighted by Crippen LogP contribution is -2.23. The van der Waals surface area contributed by atoms with Crippen molar-refractivity contribution in [2.45, 2.75) is 24.3 Å². The average Bonchev–Trinajstić information content (AvgIpc) is 3.15. The van der Waals surface area contributed by atoms with E-state index < -0.39 is 15.8 Å². The third kappa shape index (κ3) is 3.62. The van der Waals surface area contributed by atoms with E-state index in [1.165, 1.54) is 18.3 Å². The second kappa shape index (κ2) is 6.42. The van der Waals surface area contributed by atoms with Gasteiger partial charge in [0.25, 0.3) is 10.0 Å². The molecule has 3 N–H and O–H groups in total. The fourth-order valence-corrected chi connectivity index (χ4v) is 4.20. The quantitative estimate of drug-likeness (QED) is 0.765. The largest absolute Gasteiger partial charge is 0.381 e. The highest BCUT2D eigenvalue weighted by Gasteiger charge is 2.22. The van der Waals surface area contributed by atoms with Crippen LogP contribution in [0.2, 0.25) is 0 Å². The van der Waals surface area contributed by atoms with Crippen LogP contribution in [-0.2, 0) is 10.0 Å². The number of sulfonamides is 1. The molecular weight excluding hydrogens is 339 g/mol. The number of aromatic nitrogens is 1. The molecule has 0 bridgehead atoms. The van der Waals surface area contributed by atoms with Gasteiger partial charge in [0.05, 0.1) is 11.9 Å². The molecular formula is C14H17FN4O2S2. The second-order valence-electron chi connectivity index (χ2n) is 5.45. The molecule has 2 aromatic rings. The standard InChI is InChI=1S/C14H17FN4O2S2/c1-9-4-14(23(20,21)19-11-7-17-22-8-11)12(15)5-13(9)18-10-2-3-16-6-10/h4-5,7-8,10,16,18-19H,2-3,6H2,1H3/t10-/m0/s1. The Bertz CT molecular complexity index is 787. The summed E-state index contributed by atoms with van der Waals surface area (Å²) in [5.41, 5.74) is 1.63. The zero-order valence-corrected chi connectivity index (χ0v) is 14.1. The van der Waals surface area contributed by atoms with Gasteiger partial charge >= 0.3 is 0 Å². The molecule has 9 heteroatoms. The summed E-state index contributed by atoms with van der Waals surface area (Å²) < 4.78 is 45.1. The van der Waals surface area contributed by atoms with E-state index in [-0.39, 0.29) is 10.9 Å². The van der Waals surface area contributed by atoms with Crippen LogP contribution in [-0.4, -0.2) is 31.9 Å². The van der Waals surface area contributed by atoms with Gasteiger partial charge in [-0.05, 0) is 49.1 Å². The molecule has 0 unspecified atom stereocenters. The first-order valence-electron chi connectivity index (χ1n) is 7.15. The third-order valence-electron chi connectivity index (χ3n) is 3.67. The first-order valence-corrected chi connectivity index (χ1v) is 9.47. The summed E-state index contributed by atoms with van der Waals surface area (Å²) in [4.78, 5) is -0.365. The smallest absolute Gasteiger partial charge is 0.264 e. The summed E-state index contributed by atoms with van der Waals surface area (Å²) in [6.45, 7) is 3.49. The molecule has 1 saturated heterocycles. The van der Waals surface area contributed by atoms with Crippen LogP contribution in [0.25, 0.3) is 0 Å². The summed E-state index contributed by atoms with van der Waals surface area (Å²) in [6.07, 6.45) is 2.34. The number of nitrogens with one attached hydrogen (secondary N) is 3. The normalized spacial score (nSPS) is 18.1. The molecule has 1 aromatic carbocycles. The maximum absolute atomic E-state index is 14.3. The van der Waals surface area contributed by atoms with Crippen molar-refractivity contribution in [3.8, 4) is 0 Å². The molecule has 23 heavy (non-hydrogen) atoms. The van der Waals surface area contributed by atoms with E-state index in [4.69, 9.17) is 0 Å². The second-order valence-corrected chi connectivity index (χ2v) is 7.76. The molecule has 1 fully saturated rings. The Morgan fingerprint density at radius 1 is 1.43 bits per heavy atom. The molecule has 124 valence electrons. The summed E-state index contributed by atoms with van der Waals surface area (Å²) in [7, 11) is -3.98. The summed E-state index contributed by atoms with van der Waals surface area (Å²) in [6, 6.07) is 2.82. The van der Waals surface area contributed by atoms with Gasteiger partial charge in [0, 0.05) is 23.7 Å². The van der Waals surface area contributed by atoms with E-state index >= 15 is 0 Å². The minimum absolute atomic E-state index is 0.227. The molecule has 0 radical (unpaired) electrons. The fourth-order valence-electron chi connectivity index (χ4n) is 2.48. The minimum Gasteiger partial charge on any atom is -0.381 e. The Labute approximate surface area is 138 Å². The SMILES string of the molecule is Cc1cc(S(=O)(=O)Nc2cnsc2)c(F)cc1N[C@H]1CCNC1. The highest BCUT2D eigenvalue weighted by molar-refractivity contribution is 7.92. The lowest BCUT2D eigenvalue weighted by Gasteiger charge is -2.17. The molecule has 3 rings (SSSR count). The number of aryl methyl sites for hydroxylation is 1. The number of rotatable bonds is 5. The Balaban J connectivity index is 1.86. The van der Waals surface area contributed by atoms with Gasteiger partial charge in [0.1, 0.15) is 10.7 Å². The molecule has 0 saturated carbocycles. The minimum atomic E-state index is -3.98. The van der Waals surface area contributed by atoms with Crippen molar-refractivity contribution < 1.29 is 12.8 Å². The number of anilines is 2. The molecule has 1 aromatic heterocycles. The average molecular weight is 356 g/mol. The van der Waals surface area contributed by atoms with Crippen molar-refractivity contribution in [2.24, 2.45) is 0 Å². The van der Waals surface area contributed by atoms with Crippen LogP contribution >= 0.6 is 11.5 Å². The van der Waals surface area contributed by atoms with E-state index in [2.05, 4.69) is 19.7 Å². The number of hydrogen-bond acceptors (Lipinski definition) is 6. The predicted molar refractivity (Wildman–Crippen MR) is 89.0 cm³/mol. The van der Waals surface area contributed by atoms with Gasteiger partial charge in [-0.15, -0.1) is 0 Å². The first-order chi connectivity index (χ1) is 11.0. The van der Waals surface area contributed by atoms with E-state index in [0.717, 1.165) is 31.0 Å². The molecule has 1 atom stereocenters. The molecule has 0 amide bonds. The van der Waals surface area contributed by atoms with Gasteiger partial charge in [-0.1, -0.05) is 0 Å². The van der Waals surface area contributed by atoms with E-state index in [1.807, 2.05) is 0 Å². The molecule has 0 spiro atoms. The Hall–Kier alpha value is -1.71. The van der Waals surface area contributed by atoms with Gasteiger partial charge in [-0.3, -0.25) is 4.72 Å². The van der Waals surface area contributed by atoms with Gasteiger partial charge < -0.3 is 10.6 Å². The van der Waals surface area contributed by atoms with Gasteiger partial charge in [0.2, 0.25) is 0 Å². The highest BCUT2D eigenvalue weighted by atomic mass is 32.2. The molecule has 6 nitrogen and oxygen atoms in total. The third-order valence-corrected chi connectivity index (χ3v) is 5.66. The van der Waals surface area contributed by atoms with Crippen molar-refractivity contribution >= 4 is 32.9 Å².